The second kappa shape index (κ2) is 28.3. The first-order valence-corrected chi connectivity index (χ1v) is 14.9. The summed E-state index contributed by atoms with van der Waals surface area (Å²) in [6.45, 7) is 24.2. The van der Waals surface area contributed by atoms with Gasteiger partial charge in [0.2, 0.25) is 0 Å². The van der Waals surface area contributed by atoms with Crippen molar-refractivity contribution in [2.24, 2.45) is 0 Å². The number of quaternary nitrogens is 2. The molecule has 0 radical (unpaired) electrons. The zero-order chi connectivity index (χ0) is 25.4. The van der Waals surface area contributed by atoms with Crippen molar-refractivity contribution in [3.8, 4) is 0 Å². The van der Waals surface area contributed by atoms with Crippen LogP contribution in [0.15, 0.2) is 0 Å². The Morgan fingerprint density at radius 2 is 0.771 bits per heavy atom. The fourth-order valence-corrected chi connectivity index (χ4v) is 4.95. The lowest BCUT2D eigenvalue weighted by molar-refractivity contribution is -0.972. The van der Waals surface area contributed by atoms with Gasteiger partial charge < -0.3 is 25.6 Å². The Bertz CT molecular complexity index is 353. The summed E-state index contributed by atoms with van der Waals surface area (Å²) < 4.78 is 2.11. The summed E-state index contributed by atoms with van der Waals surface area (Å²) in [5.74, 6) is 0. The summed E-state index contributed by atoms with van der Waals surface area (Å²) in [6, 6.07) is 0. The van der Waals surface area contributed by atoms with Crippen molar-refractivity contribution < 1.29 is 30.1 Å². The van der Waals surface area contributed by atoms with Crippen LogP contribution in [0.5, 0.6) is 0 Å². The van der Waals surface area contributed by atoms with Gasteiger partial charge in [-0.05, 0) is 38.5 Å². The number of aliphatic hydroxyl groups is 2. The second-order valence-electron chi connectivity index (χ2n) is 10.4. The Morgan fingerprint density at radius 1 is 0.486 bits per heavy atom. The molecule has 0 aliphatic rings. The Balaban J connectivity index is -0.000000260. The standard InChI is InChI=1S/C15H34NO.C14H32NO.2H2O/c1-5-9-12-16(13-10-6-2,14-11-7-3)15(17)8-4;1-4-7-10-15(13-14-16,11-8-5-2)12-9-6-3;;/h15,17H,5-14H2,1-4H3;16H,4-14H2,1-3H3;2*1H2/q2*+1;;/p-2. The van der Waals surface area contributed by atoms with Gasteiger partial charge in [-0.15, -0.1) is 0 Å². The molecule has 0 aromatic carbocycles. The minimum atomic E-state index is -0.153. The predicted molar refractivity (Wildman–Crippen MR) is 151 cm³/mol. The fraction of sp³-hybridized carbons (Fsp3) is 1.00. The maximum absolute atomic E-state index is 10.4. The molecule has 4 N–H and O–H groups in total. The predicted octanol–water partition coefficient (Wildman–Crippen LogP) is 6.77. The van der Waals surface area contributed by atoms with E-state index < -0.39 is 0 Å². The third kappa shape index (κ3) is 19.5. The van der Waals surface area contributed by atoms with Gasteiger partial charge in [0.15, 0.2) is 6.23 Å². The molecule has 0 bridgehead atoms. The van der Waals surface area contributed by atoms with E-state index in [0.29, 0.717) is 6.61 Å². The van der Waals surface area contributed by atoms with Gasteiger partial charge in [0, 0.05) is 6.42 Å². The quantitative estimate of drug-likeness (QED) is 0.124. The van der Waals surface area contributed by atoms with Gasteiger partial charge in [0.1, 0.15) is 6.54 Å². The zero-order valence-corrected chi connectivity index (χ0v) is 25.1. The summed E-state index contributed by atoms with van der Waals surface area (Å²) in [5, 5.41) is 19.7. The highest BCUT2D eigenvalue weighted by atomic mass is 16.3. The Kier molecular flexibility index (Phi) is 33.9. The molecule has 218 valence electrons. The average Bonchev–Trinajstić information content (AvgIpc) is 2.84. The van der Waals surface area contributed by atoms with E-state index in [0.717, 1.165) is 41.6 Å². The van der Waals surface area contributed by atoms with Crippen LogP contribution in [0.1, 0.15) is 132 Å². The lowest BCUT2D eigenvalue weighted by Crippen LogP contribution is -2.57. The van der Waals surface area contributed by atoms with E-state index >= 15 is 0 Å². The highest BCUT2D eigenvalue weighted by Crippen LogP contribution is 2.20. The van der Waals surface area contributed by atoms with Crippen molar-refractivity contribution in [1.82, 2.24) is 0 Å². The van der Waals surface area contributed by atoms with Crippen LogP contribution >= 0.6 is 0 Å². The van der Waals surface area contributed by atoms with Crippen LogP contribution in [0.3, 0.4) is 0 Å². The molecule has 0 rings (SSSR count). The third-order valence-corrected chi connectivity index (χ3v) is 7.40. The van der Waals surface area contributed by atoms with Gasteiger partial charge in [-0.25, -0.2) is 0 Å². The maximum Gasteiger partial charge on any atom is 0.190 e. The van der Waals surface area contributed by atoms with Crippen molar-refractivity contribution >= 4 is 0 Å². The lowest BCUT2D eigenvalue weighted by atomic mass is 10.1. The van der Waals surface area contributed by atoms with Crippen molar-refractivity contribution in [2.75, 3.05) is 52.4 Å². The average molecular weight is 509 g/mol. The second-order valence-corrected chi connectivity index (χ2v) is 10.4. The molecule has 6 heteroatoms. The van der Waals surface area contributed by atoms with Crippen LogP contribution in [-0.2, 0) is 0 Å². The Hall–Kier alpha value is -0.240. The first-order valence-electron chi connectivity index (χ1n) is 14.9. The van der Waals surface area contributed by atoms with Crippen molar-refractivity contribution in [2.45, 2.75) is 138 Å². The van der Waals surface area contributed by atoms with Crippen LogP contribution in [0.4, 0.5) is 0 Å². The fourth-order valence-electron chi connectivity index (χ4n) is 4.95. The van der Waals surface area contributed by atoms with Gasteiger partial charge >= 0.3 is 0 Å². The van der Waals surface area contributed by atoms with E-state index in [4.69, 9.17) is 0 Å². The maximum atomic E-state index is 10.4. The molecule has 0 fully saturated rings. The van der Waals surface area contributed by atoms with Crippen molar-refractivity contribution in [3.05, 3.63) is 0 Å². The summed E-state index contributed by atoms with van der Waals surface area (Å²) in [6.07, 6.45) is 15.8. The van der Waals surface area contributed by atoms with E-state index in [9.17, 15) is 10.2 Å². The summed E-state index contributed by atoms with van der Waals surface area (Å²) >= 11 is 0. The molecule has 0 aliphatic carbocycles. The molecular formula is C29H68N2O4. The van der Waals surface area contributed by atoms with Crippen LogP contribution in [0.25, 0.3) is 0 Å². The van der Waals surface area contributed by atoms with E-state index in [1.807, 2.05) is 0 Å². The van der Waals surface area contributed by atoms with Gasteiger partial charge in [0.05, 0.1) is 45.9 Å². The van der Waals surface area contributed by atoms with Crippen LogP contribution in [0, 0.1) is 0 Å². The zero-order valence-electron chi connectivity index (χ0n) is 25.1. The van der Waals surface area contributed by atoms with Gasteiger partial charge in [-0.3, -0.25) is 4.48 Å². The molecule has 0 heterocycles. The van der Waals surface area contributed by atoms with Crippen molar-refractivity contribution in [3.63, 3.8) is 0 Å². The van der Waals surface area contributed by atoms with E-state index in [-0.39, 0.29) is 17.2 Å². The number of unbranched alkanes of at least 4 members (excludes halogenated alkanes) is 6. The number of hydrogen-bond acceptors (Lipinski definition) is 4. The van der Waals surface area contributed by atoms with Crippen molar-refractivity contribution in [1.29, 1.82) is 0 Å². The molecule has 35 heavy (non-hydrogen) atoms. The molecule has 0 amide bonds. The molecule has 0 aliphatic heterocycles. The lowest BCUT2D eigenvalue weighted by Gasteiger charge is -2.42. The van der Waals surface area contributed by atoms with E-state index in [2.05, 4.69) is 48.5 Å². The third-order valence-electron chi connectivity index (χ3n) is 7.40. The molecule has 0 saturated carbocycles. The molecular weight excluding hydrogens is 440 g/mol. The minimum Gasteiger partial charge on any atom is -0.870 e. The Morgan fingerprint density at radius 3 is 1.00 bits per heavy atom. The van der Waals surface area contributed by atoms with E-state index in [1.54, 1.807) is 0 Å². The molecule has 0 spiro atoms. The molecule has 0 aromatic rings. The topological polar surface area (TPSA) is 100 Å². The molecule has 6 nitrogen and oxygen atoms in total. The van der Waals surface area contributed by atoms with Gasteiger partial charge in [0.25, 0.3) is 0 Å². The smallest absolute Gasteiger partial charge is 0.190 e. The monoisotopic (exact) mass is 509 g/mol. The number of aliphatic hydroxyl groups excluding tert-OH is 2. The van der Waals surface area contributed by atoms with Crippen LogP contribution in [-0.4, -0.2) is 88.8 Å². The minimum absolute atomic E-state index is 0. The number of hydrogen-bond donors (Lipinski definition) is 2. The van der Waals surface area contributed by atoms with Crippen LogP contribution in [0.2, 0.25) is 0 Å². The summed E-state index contributed by atoms with van der Waals surface area (Å²) in [4.78, 5) is 0. The first kappa shape index (κ1) is 41.9. The SMILES string of the molecule is CCCC[N+](CCCC)(CCCC)C(O)CC.CCCC[N+](CCO)(CCCC)CCCC.[OH-].[OH-]. The van der Waals surface area contributed by atoms with E-state index in [1.165, 1.54) is 96.7 Å². The summed E-state index contributed by atoms with van der Waals surface area (Å²) in [5.41, 5.74) is 0. The highest BCUT2D eigenvalue weighted by molar-refractivity contribution is 4.51. The molecule has 1 unspecified atom stereocenters. The largest absolute Gasteiger partial charge is 0.870 e. The normalized spacial score (nSPS) is 12.3. The van der Waals surface area contributed by atoms with Crippen LogP contribution < -0.4 is 0 Å². The molecule has 1 atom stereocenters. The molecule has 0 saturated heterocycles. The number of rotatable bonds is 22. The number of nitrogens with zero attached hydrogens (tertiary/aromatic N) is 2. The van der Waals surface area contributed by atoms with Gasteiger partial charge in [-0.2, -0.15) is 0 Å². The Labute approximate surface area is 220 Å². The summed E-state index contributed by atoms with van der Waals surface area (Å²) in [7, 11) is 0. The first-order chi connectivity index (χ1) is 15.9. The van der Waals surface area contributed by atoms with Gasteiger partial charge in [-0.1, -0.05) is 87.0 Å². The molecule has 0 aromatic heterocycles. The highest BCUT2D eigenvalue weighted by Gasteiger charge is 2.32.